The minimum Gasteiger partial charge on any atom is -0.0651 e. The first-order chi connectivity index (χ1) is 9.56. The van der Waals surface area contributed by atoms with Gasteiger partial charge < -0.3 is 0 Å². The molecule has 0 aliphatic rings. The smallest absolute Gasteiger partial charge is 0.0328 e. The van der Waals surface area contributed by atoms with Crippen molar-refractivity contribution < 1.29 is 0 Å². The zero-order chi connectivity index (χ0) is 16.7. The van der Waals surface area contributed by atoms with Crippen molar-refractivity contribution in [2.75, 3.05) is 0 Å². The van der Waals surface area contributed by atoms with Crippen molar-refractivity contribution in [3.8, 4) is 0 Å². The Morgan fingerprint density at radius 2 is 1.29 bits per heavy atom. The average Bonchev–Trinajstić information content (AvgIpc) is 2.40. The van der Waals surface area contributed by atoms with Crippen molar-refractivity contribution in [1.29, 1.82) is 0 Å². The molecule has 0 heteroatoms. The van der Waals surface area contributed by atoms with E-state index in [1.54, 1.807) is 0 Å². The lowest BCUT2D eigenvalue weighted by Crippen LogP contribution is -2.23. The Morgan fingerprint density at radius 3 is 1.67 bits per heavy atom. The maximum atomic E-state index is 2.50. The number of hydrogen-bond donors (Lipinski definition) is 0. The van der Waals surface area contributed by atoms with Crippen molar-refractivity contribution in [2.45, 2.75) is 107 Å². The van der Waals surface area contributed by atoms with E-state index in [1.165, 1.54) is 44.9 Å². The molecule has 0 saturated heterocycles. The number of rotatable bonds is 10. The zero-order valence-corrected chi connectivity index (χ0v) is 16.7. The molecule has 0 aromatic heterocycles. The summed E-state index contributed by atoms with van der Waals surface area (Å²) in [5.41, 5.74) is 1.04. The predicted octanol–water partition coefficient (Wildman–Crippen LogP) is 7.72. The molecule has 0 rings (SSSR count). The molecule has 0 aliphatic carbocycles. The van der Waals surface area contributed by atoms with Gasteiger partial charge in [-0.2, -0.15) is 0 Å². The van der Waals surface area contributed by atoms with Crippen molar-refractivity contribution >= 4 is 0 Å². The molecule has 3 atom stereocenters. The minimum absolute atomic E-state index is 0.482. The van der Waals surface area contributed by atoms with E-state index >= 15 is 0 Å². The average molecular weight is 297 g/mol. The van der Waals surface area contributed by atoms with E-state index < -0.39 is 0 Å². The van der Waals surface area contributed by atoms with Crippen LogP contribution in [0.4, 0.5) is 0 Å². The van der Waals surface area contributed by atoms with Gasteiger partial charge in [0.2, 0.25) is 0 Å². The van der Waals surface area contributed by atoms with Gasteiger partial charge in [-0.05, 0) is 41.4 Å². The lowest BCUT2D eigenvalue weighted by atomic mass is 9.71. The highest BCUT2D eigenvalue weighted by atomic mass is 14.3. The molecular weight excluding hydrogens is 252 g/mol. The Morgan fingerprint density at radius 1 is 0.762 bits per heavy atom. The standard InChI is InChI=1S/C21H44/c1-10-19(16-21(9,11-2)12-3)18(5)14-13-17(4)15-20(6,7)8/h17-19H,10-16H2,1-9H3. The van der Waals surface area contributed by atoms with Crippen LogP contribution in [0.15, 0.2) is 0 Å². The first-order valence-electron chi connectivity index (χ1n) is 9.56. The van der Waals surface area contributed by atoms with E-state index in [9.17, 15) is 0 Å². The molecule has 0 spiro atoms. The molecule has 0 N–H and O–H groups in total. The summed E-state index contributed by atoms with van der Waals surface area (Å²) in [4.78, 5) is 0. The van der Waals surface area contributed by atoms with Gasteiger partial charge in [-0.15, -0.1) is 0 Å². The van der Waals surface area contributed by atoms with Crippen LogP contribution in [-0.2, 0) is 0 Å². The molecule has 0 saturated carbocycles. The molecule has 0 heterocycles. The second kappa shape index (κ2) is 9.21. The van der Waals surface area contributed by atoms with E-state index in [2.05, 4.69) is 62.3 Å². The largest absolute Gasteiger partial charge is 0.0651 e. The third-order valence-corrected chi connectivity index (χ3v) is 5.87. The third-order valence-electron chi connectivity index (χ3n) is 5.87. The van der Waals surface area contributed by atoms with Gasteiger partial charge in [-0.1, -0.05) is 94.4 Å². The van der Waals surface area contributed by atoms with E-state index in [0.717, 1.165) is 17.8 Å². The molecular formula is C21H44. The van der Waals surface area contributed by atoms with Crippen molar-refractivity contribution in [2.24, 2.45) is 28.6 Å². The third kappa shape index (κ3) is 8.89. The molecule has 0 aromatic carbocycles. The van der Waals surface area contributed by atoms with E-state index in [0.29, 0.717) is 10.8 Å². The van der Waals surface area contributed by atoms with Crippen molar-refractivity contribution in [1.82, 2.24) is 0 Å². The zero-order valence-electron chi connectivity index (χ0n) is 16.7. The quantitative estimate of drug-likeness (QED) is 0.387. The van der Waals surface area contributed by atoms with Gasteiger partial charge in [0.25, 0.3) is 0 Å². The van der Waals surface area contributed by atoms with Gasteiger partial charge >= 0.3 is 0 Å². The van der Waals surface area contributed by atoms with Crippen LogP contribution in [0.25, 0.3) is 0 Å². The fourth-order valence-corrected chi connectivity index (χ4v) is 3.85. The normalized spacial score (nSPS) is 17.6. The van der Waals surface area contributed by atoms with E-state index in [-0.39, 0.29) is 0 Å². The fraction of sp³-hybridized carbons (Fsp3) is 1.00. The summed E-state index contributed by atoms with van der Waals surface area (Å²) in [5, 5.41) is 0. The van der Waals surface area contributed by atoms with Crippen molar-refractivity contribution in [3.63, 3.8) is 0 Å². The van der Waals surface area contributed by atoms with Crippen LogP contribution in [0.2, 0.25) is 0 Å². The molecule has 0 nitrogen and oxygen atoms in total. The predicted molar refractivity (Wildman–Crippen MR) is 98.7 cm³/mol. The molecule has 0 bridgehead atoms. The van der Waals surface area contributed by atoms with E-state index in [4.69, 9.17) is 0 Å². The summed E-state index contributed by atoms with van der Waals surface area (Å²) >= 11 is 0. The summed E-state index contributed by atoms with van der Waals surface area (Å²) in [7, 11) is 0. The Kier molecular flexibility index (Phi) is 9.21. The summed E-state index contributed by atoms with van der Waals surface area (Å²) in [5.74, 6) is 2.67. The topological polar surface area (TPSA) is 0 Å². The maximum absolute atomic E-state index is 2.50. The second-order valence-electron chi connectivity index (χ2n) is 9.31. The Hall–Kier alpha value is 0. The van der Waals surface area contributed by atoms with Crippen LogP contribution in [0.3, 0.4) is 0 Å². The molecule has 0 aromatic rings. The minimum atomic E-state index is 0.482. The van der Waals surface area contributed by atoms with E-state index in [1.807, 2.05) is 0 Å². The van der Waals surface area contributed by atoms with Crippen LogP contribution >= 0.6 is 0 Å². The SMILES string of the molecule is CCC(CC(C)(CC)CC)C(C)CCC(C)CC(C)(C)C. The van der Waals surface area contributed by atoms with Gasteiger partial charge in [-0.3, -0.25) is 0 Å². The molecule has 0 fully saturated rings. The molecule has 21 heavy (non-hydrogen) atoms. The monoisotopic (exact) mass is 296 g/mol. The Balaban J connectivity index is 4.37. The van der Waals surface area contributed by atoms with Crippen LogP contribution in [0.1, 0.15) is 107 Å². The van der Waals surface area contributed by atoms with Crippen LogP contribution in [0, 0.1) is 28.6 Å². The van der Waals surface area contributed by atoms with Crippen molar-refractivity contribution in [3.05, 3.63) is 0 Å². The fourth-order valence-electron chi connectivity index (χ4n) is 3.85. The van der Waals surface area contributed by atoms with Crippen LogP contribution < -0.4 is 0 Å². The van der Waals surface area contributed by atoms with Gasteiger partial charge in [0.1, 0.15) is 0 Å². The second-order valence-corrected chi connectivity index (χ2v) is 9.31. The first kappa shape index (κ1) is 21.0. The summed E-state index contributed by atoms with van der Waals surface area (Å²) in [6.45, 7) is 21.7. The summed E-state index contributed by atoms with van der Waals surface area (Å²) in [6, 6.07) is 0. The molecule has 0 radical (unpaired) electrons. The molecule has 0 aliphatic heterocycles. The van der Waals surface area contributed by atoms with Gasteiger partial charge in [0.15, 0.2) is 0 Å². The highest BCUT2D eigenvalue weighted by Gasteiger charge is 2.27. The first-order valence-corrected chi connectivity index (χ1v) is 9.56. The maximum Gasteiger partial charge on any atom is -0.0328 e. The lowest BCUT2D eigenvalue weighted by Gasteiger charge is -2.34. The van der Waals surface area contributed by atoms with Crippen LogP contribution in [-0.4, -0.2) is 0 Å². The Labute approximate surface area is 136 Å². The van der Waals surface area contributed by atoms with Gasteiger partial charge in [0, 0.05) is 0 Å². The lowest BCUT2D eigenvalue weighted by molar-refractivity contribution is 0.167. The molecule has 0 amide bonds. The molecule has 128 valence electrons. The summed E-state index contributed by atoms with van der Waals surface area (Å²) < 4.78 is 0. The number of hydrogen-bond acceptors (Lipinski definition) is 0. The summed E-state index contributed by atoms with van der Waals surface area (Å²) in [6.07, 6.45) is 9.61. The van der Waals surface area contributed by atoms with Crippen LogP contribution in [0.5, 0.6) is 0 Å². The molecule has 3 unspecified atom stereocenters. The highest BCUT2D eigenvalue weighted by molar-refractivity contribution is 4.78. The van der Waals surface area contributed by atoms with Gasteiger partial charge in [0.05, 0.1) is 0 Å². The highest BCUT2D eigenvalue weighted by Crippen LogP contribution is 2.39. The Bertz CT molecular complexity index is 254. The van der Waals surface area contributed by atoms with Gasteiger partial charge in [-0.25, -0.2) is 0 Å².